The number of anilines is 1. The van der Waals surface area contributed by atoms with E-state index >= 15 is 0 Å². The first kappa shape index (κ1) is 24.2. The van der Waals surface area contributed by atoms with Crippen LogP contribution in [0.1, 0.15) is 22.0 Å². The minimum Gasteiger partial charge on any atom is -0.350 e. The number of fused-ring (bicyclic) bond motifs is 1. The summed E-state index contributed by atoms with van der Waals surface area (Å²) in [5.41, 5.74) is 1.29. The molecule has 0 fully saturated rings. The van der Waals surface area contributed by atoms with Crippen LogP contribution in [0.5, 0.6) is 0 Å². The van der Waals surface area contributed by atoms with Gasteiger partial charge < -0.3 is 20.2 Å². The molecule has 9 nitrogen and oxygen atoms in total. The van der Waals surface area contributed by atoms with E-state index in [-0.39, 0.29) is 34.6 Å². The van der Waals surface area contributed by atoms with Crippen molar-refractivity contribution in [2.75, 3.05) is 25.4 Å². The van der Waals surface area contributed by atoms with E-state index in [0.717, 1.165) is 0 Å². The molecule has 0 saturated heterocycles. The largest absolute Gasteiger partial charge is 0.350 e. The van der Waals surface area contributed by atoms with Crippen molar-refractivity contribution in [2.24, 2.45) is 0 Å². The maximum absolute atomic E-state index is 13.7. The number of aromatic nitrogens is 2. The first-order valence-corrected chi connectivity index (χ1v) is 12.2. The molecule has 4 N–H and O–H groups in total. The van der Waals surface area contributed by atoms with Gasteiger partial charge >= 0.3 is 5.69 Å². The van der Waals surface area contributed by atoms with E-state index in [1.807, 2.05) is 19.0 Å². The predicted octanol–water partition coefficient (Wildman–Crippen LogP) is 2.83. The highest BCUT2D eigenvalue weighted by molar-refractivity contribution is 7.92. The average Bonchev–Trinajstić information content (AvgIpc) is 3.18. The molecule has 4 aromatic rings. The van der Waals surface area contributed by atoms with Crippen LogP contribution in [0.4, 0.5) is 10.1 Å². The Labute approximate surface area is 201 Å². The van der Waals surface area contributed by atoms with Gasteiger partial charge in [-0.1, -0.05) is 24.3 Å². The lowest BCUT2D eigenvalue weighted by molar-refractivity contribution is 0.0943. The number of carbonyl (C=O) groups excluding carboxylic acids is 1. The van der Waals surface area contributed by atoms with Gasteiger partial charge in [0.1, 0.15) is 5.82 Å². The fraction of sp³-hybridized carbons (Fsp3) is 0.167. The predicted molar refractivity (Wildman–Crippen MR) is 131 cm³/mol. The standard InChI is InChI=1S/C24H24FN5O4S/c1-30(2)22(15-6-5-7-16(25)12-15)14-26-23(31)18-8-3-4-9-19(18)29-35(33,34)17-10-11-20-21(13-17)28-24(32)27-20/h3-13,22,29H,14H2,1-2H3,(H,26,31)(H2,27,28,32). The minimum atomic E-state index is -4.06. The number of aromatic amines is 2. The first-order chi connectivity index (χ1) is 16.6. The summed E-state index contributed by atoms with van der Waals surface area (Å²) in [5, 5.41) is 2.81. The number of likely N-dealkylation sites (N-methyl/N-ethyl adjacent to an activating group) is 1. The lowest BCUT2D eigenvalue weighted by atomic mass is 10.1. The van der Waals surface area contributed by atoms with Gasteiger partial charge in [0.05, 0.1) is 33.2 Å². The lowest BCUT2D eigenvalue weighted by Gasteiger charge is -2.25. The molecule has 35 heavy (non-hydrogen) atoms. The molecule has 1 amide bonds. The number of H-pyrrole nitrogens is 2. The van der Waals surface area contributed by atoms with E-state index in [0.29, 0.717) is 16.6 Å². The van der Waals surface area contributed by atoms with Crippen LogP contribution in [0.15, 0.2) is 76.4 Å². The number of rotatable bonds is 8. The molecule has 1 unspecified atom stereocenters. The van der Waals surface area contributed by atoms with Crippen molar-refractivity contribution >= 4 is 32.7 Å². The Morgan fingerprint density at radius 1 is 1.00 bits per heavy atom. The monoisotopic (exact) mass is 497 g/mol. The SMILES string of the molecule is CN(C)C(CNC(=O)c1ccccc1NS(=O)(=O)c1ccc2[nH]c(=O)[nH]c2c1)c1cccc(F)c1. The Hall–Kier alpha value is -3.96. The molecule has 1 aromatic heterocycles. The smallest absolute Gasteiger partial charge is 0.323 e. The number of sulfonamides is 1. The van der Waals surface area contributed by atoms with Crippen molar-refractivity contribution in [3.63, 3.8) is 0 Å². The summed E-state index contributed by atoms with van der Waals surface area (Å²) in [6.45, 7) is 0.174. The molecule has 182 valence electrons. The van der Waals surface area contributed by atoms with Crippen molar-refractivity contribution < 1.29 is 17.6 Å². The summed E-state index contributed by atoms with van der Waals surface area (Å²) in [4.78, 5) is 31.3. The number of nitrogens with one attached hydrogen (secondary N) is 4. The van der Waals surface area contributed by atoms with E-state index < -0.39 is 21.6 Å². The van der Waals surface area contributed by atoms with Gasteiger partial charge in [-0.2, -0.15) is 0 Å². The number of hydrogen-bond acceptors (Lipinski definition) is 5. The van der Waals surface area contributed by atoms with Crippen LogP contribution < -0.4 is 15.7 Å². The molecule has 0 radical (unpaired) electrons. The van der Waals surface area contributed by atoms with E-state index in [9.17, 15) is 22.4 Å². The van der Waals surface area contributed by atoms with Gasteiger partial charge in [-0.05, 0) is 62.1 Å². The quantitative estimate of drug-likeness (QED) is 0.298. The molecular weight excluding hydrogens is 473 g/mol. The summed E-state index contributed by atoms with van der Waals surface area (Å²) in [6, 6.07) is 16.2. The van der Waals surface area contributed by atoms with Crippen LogP contribution in [-0.4, -0.2) is 49.8 Å². The minimum absolute atomic E-state index is 0.0748. The normalized spacial score (nSPS) is 12.6. The summed E-state index contributed by atoms with van der Waals surface area (Å²) < 4.78 is 42.2. The lowest BCUT2D eigenvalue weighted by Crippen LogP contribution is -2.35. The molecule has 4 rings (SSSR count). The Kier molecular flexibility index (Phi) is 6.72. The number of nitrogens with zero attached hydrogens (tertiary/aromatic N) is 1. The molecule has 0 bridgehead atoms. The maximum Gasteiger partial charge on any atom is 0.323 e. The molecule has 0 aliphatic rings. The second-order valence-corrected chi connectivity index (χ2v) is 9.86. The number of halogens is 1. The van der Waals surface area contributed by atoms with Gasteiger partial charge in [-0.25, -0.2) is 17.6 Å². The summed E-state index contributed by atoms with van der Waals surface area (Å²) >= 11 is 0. The molecule has 3 aromatic carbocycles. The molecule has 11 heteroatoms. The number of hydrogen-bond donors (Lipinski definition) is 4. The second-order valence-electron chi connectivity index (χ2n) is 8.18. The average molecular weight is 498 g/mol. The fourth-order valence-corrected chi connectivity index (χ4v) is 4.86. The molecule has 1 heterocycles. The summed E-state index contributed by atoms with van der Waals surface area (Å²) in [5.74, 6) is -0.862. The van der Waals surface area contributed by atoms with Gasteiger partial charge in [0.2, 0.25) is 0 Å². The number of carbonyl (C=O) groups is 1. The van der Waals surface area contributed by atoms with Crippen LogP contribution >= 0.6 is 0 Å². The van der Waals surface area contributed by atoms with Crippen LogP contribution in [0.25, 0.3) is 11.0 Å². The molecule has 0 aliphatic carbocycles. The highest BCUT2D eigenvalue weighted by Gasteiger charge is 2.21. The van der Waals surface area contributed by atoms with E-state index in [1.165, 1.54) is 42.5 Å². The highest BCUT2D eigenvalue weighted by Crippen LogP contribution is 2.23. The van der Waals surface area contributed by atoms with Crippen molar-refractivity contribution in [1.82, 2.24) is 20.2 Å². The van der Waals surface area contributed by atoms with Crippen molar-refractivity contribution in [1.29, 1.82) is 0 Å². The van der Waals surface area contributed by atoms with Gasteiger partial charge in [0.15, 0.2) is 0 Å². The molecule has 0 aliphatic heterocycles. The Morgan fingerprint density at radius 2 is 1.74 bits per heavy atom. The number of para-hydroxylation sites is 1. The van der Waals surface area contributed by atoms with Crippen molar-refractivity contribution in [2.45, 2.75) is 10.9 Å². The van der Waals surface area contributed by atoms with Gasteiger partial charge in [-0.3, -0.25) is 9.52 Å². The zero-order chi connectivity index (χ0) is 25.2. The number of amides is 1. The molecule has 0 spiro atoms. The van der Waals surface area contributed by atoms with Crippen LogP contribution in [0.2, 0.25) is 0 Å². The third kappa shape index (κ3) is 5.42. The fourth-order valence-electron chi connectivity index (χ4n) is 3.75. The summed E-state index contributed by atoms with van der Waals surface area (Å²) in [7, 11) is -0.424. The van der Waals surface area contributed by atoms with Crippen molar-refractivity contribution in [3.8, 4) is 0 Å². The Morgan fingerprint density at radius 3 is 2.49 bits per heavy atom. The molecular formula is C24H24FN5O4S. The Bertz CT molecular complexity index is 1540. The van der Waals surface area contributed by atoms with Crippen LogP contribution in [0, 0.1) is 5.82 Å². The van der Waals surface area contributed by atoms with Crippen molar-refractivity contribution in [3.05, 3.63) is 94.2 Å². The number of imidazole rings is 1. The van der Waals surface area contributed by atoms with Gasteiger partial charge in [0, 0.05) is 6.54 Å². The molecule has 0 saturated carbocycles. The van der Waals surface area contributed by atoms with E-state index in [2.05, 4.69) is 20.0 Å². The number of benzene rings is 3. The first-order valence-electron chi connectivity index (χ1n) is 10.7. The maximum atomic E-state index is 13.7. The highest BCUT2D eigenvalue weighted by atomic mass is 32.2. The third-order valence-corrected chi connectivity index (χ3v) is 6.89. The topological polar surface area (TPSA) is 127 Å². The van der Waals surface area contributed by atoms with Gasteiger partial charge in [0.25, 0.3) is 15.9 Å². The molecule has 1 atom stereocenters. The van der Waals surface area contributed by atoms with E-state index in [1.54, 1.807) is 24.3 Å². The zero-order valence-electron chi connectivity index (χ0n) is 19.0. The zero-order valence-corrected chi connectivity index (χ0v) is 19.8. The van der Waals surface area contributed by atoms with Crippen LogP contribution in [0.3, 0.4) is 0 Å². The second kappa shape index (κ2) is 9.72. The third-order valence-electron chi connectivity index (χ3n) is 5.53. The van der Waals surface area contributed by atoms with Gasteiger partial charge in [-0.15, -0.1) is 0 Å². The Balaban J connectivity index is 1.54. The van der Waals surface area contributed by atoms with Crippen LogP contribution in [-0.2, 0) is 10.0 Å². The van der Waals surface area contributed by atoms with E-state index in [4.69, 9.17) is 0 Å². The summed E-state index contributed by atoms with van der Waals surface area (Å²) in [6.07, 6.45) is 0.